The molecular formula is C22H20N4O2S. The van der Waals surface area contributed by atoms with Crippen LogP contribution < -0.4 is 15.8 Å². The van der Waals surface area contributed by atoms with Gasteiger partial charge >= 0.3 is 5.63 Å². The van der Waals surface area contributed by atoms with Gasteiger partial charge in [-0.15, -0.1) is 11.8 Å². The summed E-state index contributed by atoms with van der Waals surface area (Å²) in [7, 11) is 1.98. The summed E-state index contributed by atoms with van der Waals surface area (Å²) in [5, 5.41) is 4.17. The van der Waals surface area contributed by atoms with E-state index < -0.39 is 0 Å². The topological polar surface area (TPSA) is 71.3 Å². The third-order valence-electron chi connectivity index (χ3n) is 4.67. The van der Waals surface area contributed by atoms with Gasteiger partial charge in [0.05, 0.1) is 5.69 Å². The number of nitrogens with zero attached hydrogens (tertiary/aromatic N) is 3. The molecule has 1 N–H and O–H groups in total. The first kappa shape index (κ1) is 19.0. The molecule has 2 aromatic heterocycles. The first-order valence-electron chi connectivity index (χ1n) is 9.05. The Morgan fingerprint density at radius 3 is 2.72 bits per heavy atom. The number of thioether (sulfide) groups is 1. The Kier molecular flexibility index (Phi) is 5.22. The number of fused-ring (bicyclic) bond motifs is 1. The molecular weight excluding hydrogens is 384 g/mol. The average molecular weight is 404 g/mol. The van der Waals surface area contributed by atoms with Gasteiger partial charge in [-0.25, -0.2) is 14.8 Å². The molecule has 0 spiro atoms. The molecule has 29 heavy (non-hydrogen) atoms. The Morgan fingerprint density at radius 2 is 1.90 bits per heavy atom. The fourth-order valence-electron chi connectivity index (χ4n) is 3.18. The summed E-state index contributed by atoms with van der Waals surface area (Å²) < 4.78 is 5.33. The van der Waals surface area contributed by atoms with Crippen molar-refractivity contribution in [3.05, 3.63) is 76.9 Å². The average Bonchev–Trinajstić information content (AvgIpc) is 2.73. The minimum absolute atomic E-state index is 0.356. The van der Waals surface area contributed by atoms with E-state index in [1.165, 1.54) is 17.3 Å². The van der Waals surface area contributed by atoms with Crippen molar-refractivity contribution in [1.82, 2.24) is 9.97 Å². The van der Waals surface area contributed by atoms with Gasteiger partial charge in [-0.3, -0.25) is 0 Å². The molecule has 0 atom stereocenters. The summed E-state index contributed by atoms with van der Waals surface area (Å²) in [6.45, 7) is 1.89. The fourth-order valence-corrected chi connectivity index (χ4v) is 3.81. The molecule has 0 unspecified atom stereocenters. The van der Waals surface area contributed by atoms with E-state index in [0.29, 0.717) is 11.4 Å². The number of anilines is 4. The van der Waals surface area contributed by atoms with Crippen LogP contribution >= 0.6 is 11.8 Å². The lowest BCUT2D eigenvalue weighted by Gasteiger charge is -2.21. The van der Waals surface area contributed by atoms with E-state index in [0.717, 1.165) is 28.1 Å². The summed E-state index contributed by atoms with van der Waals surface area (Å²) in [4.78, 5) is 23.6. The van der Waals surface area contributed by atoms with E-state index >= 15 is 0 Å². The van der Waals surface area contributed by atoms with E-state index in [9.17, 15) is 4.79 Å². The lowest BCUT2D eigenvalue weighted by molar-refractivity contribution is 0.560. The van der Waals surface area contributed by atoms with Crippen LogP contribution in [-0.4, -0.2) is 23.3 Å². The molecule has 4 rings (SSSR count). The van der Waals surface area contributed by atoms with E-state index in [2.05, 4.69) is 33.7 Å². The summed E-state index contributed by atoms with van der Waals surface area (Å²) in [5.41, 5.74) is 2.93. The quantitative estimate of drug-likeness (QED) is 0.365. The second-order valence-corrected chi connectivity index (χ2v) is 7.42. The van der Waals surface area contributed by atoms with Crippen LogP contribution in [0.1, 0.15) is 5.56 Å². The maximum atomic E-state index is 11.7. The van der Waals surface area contributed by atoms with Crippen LogP contribution in [0, 0.1) is 6.92 Å². The van der Waals surface area contributed by atoms with Gasteiger partial charge in [-0.1, -0.05) is 12.1 Å². The highest BCUT2D eigenvalue weighted by molar-refractivity contribution is 7.98. The van der Waals surface area contributed by atoms with Gasteiger partial charge in [-0.05, 0) is 43.0 Å². The molecule has 4 aromatic rings. The standard InChI is InChI=1S/C22H20N4O2S/c1-14-10-22(27)28-18-11-15(8-9-16(14)18)25-20-12-21(24-13-23-20)26(2)17-6-4-5-7-19(17)29-3/h4-13H,1-3H3,(H,23,24,25). The van der Waals surface area contributed by atoms with E-state index in [-0.39, 0.29) is 5.63 Å². The van der Waals surface area contributed by atoms with Crippen molar-refractivity contribution in [2.45, 2.75) is 11.8 Å². The van der Waals surface area contributed by atoms with Crippen molar-refractivity contribution in [2.75, 3.05) is 23.5 Å². The number of benzene rings is 2. The van der Waals surface area contributed by atoms with E-state index in [4.69, 9.17) is 4.42 Å². The van der Waals surface area contributed by atoms with Gasteiger partial charge < -0.3 is 14.6 Å². The largest absolute Gasteiger partial charge is 0.423 e. The maximum Gasteiger partial charge on any atom is 0.336 e. The highest BCUT2D eigenvalue weighted by atomic mass is 32.2. The highest BCUT2D eigenvalue weighted by Gasteiger charge is 2.11. The predicted octanol–water partition coefficient (Wildman–Crippen LogP) is 5.12. The lowest BCUT2D eigenvalue weighted by Crippen LogP contribution is -2.12. The van der Waals surface area contributed by atoms with Gasteiger partial charge in [0.1, 0.15) is 23.5 Å². The molecule has 7 heteroatoms. The van der Waals surface area contributed by atoms with Crippen molar-refractivity contribution in [3.63, 3.8) is 0 Å². The zero-order valence-corrected chi connectivity index (χ0v) is 17.2. The second-order valence-electron chi connectivity index (χ2n) is 6.58. The first-order valence-corrected chi connectivity index (χ1v) is 10.3. The Labute approximate surface area is 172 Å². The number of nitrogens with one attached hydrogen (secondary N) is 1. The fraction of sp³-hybridized carbons (Fsp3) is 0.136. The molecule has 0 amide bonds. The van der Waals surface area contributed by atoms with Gasteiger partial charge in [0.25, 0.3) is 0 Å². The number of para-hydroxylation sites is 1. The summed E-state index contributed by atoms with van der Waals surface area (Å²) in [6, 6.07) is 17.2. The smallest absolute Gasteiger partial charge is 0.336 e. The molecule has 0 bridgehead atoms. The van der Waals surface area contributed by atoms with E-state index in [1.807, 2.05) is 49.2 Å². The summed E-state index contributed by atoms with van der Waals surface area (Å²) in [6.07, 6.45) is 3.58. The van der Waals surface area contributed by atoms with Crippen LogP contribution in [0.5, 0.6) is 0 Å². The minimum atomic E-state index is -0.356. The molecule has 0 aliphatic heterocycles. The van der Waals surface area contributed by atoms with Crippen LogP contribution in [0.15, 0.2) is 75.0 Å². The molecule has 2 heterocycles. The van der Waals surface area contributed by atoms with Crippen molar-refractivity contribution in [1.29, 1.82) is 0 Å². The molecule has 0 aliphatic carbocycles. The molecule has 2 aromatic carbocycles. The van der Waals surface area contributed by atoms with Crippen LogP contribution in [0.3, 0.4) is 0 Å². The third kappa shape index (κ3) is 3.95. The Bertz CT molecular complexity index is 1240. The molecule has 6 nitrogen and oxygen atoms in total. The molecule has 0 saturated heterocycles. The van der Waals surface area contributed by atoms with Gasteiger partial charge in [-0.2, -0.15) is 0 Å². The second kappa shape index (κ2) is 7.97. The number of aromatic nitrogens is 2. The summed E-state index contributed by atoms with van der Waals surface area (Å²) >= 11 is 1.69. The predicted molar refractivity (Wildman–Crippen MR) is 119 cm³/mol. The van der Waals surface area contributed by atoms with Crippen LogP contribution in [0.2, 0.25) is 0 Å². The zero-order chi connectivity index (χ0) is 20.4. The van der Waals surface area contributed by atoms with Gasteiger partial charge in [0.15, 0.2) is 0 Å². The normalized spacial score (nSPS) is 10.9. The maximum absolute atomic E-state index is 11.7. The zero-order valence-electron chi connectivity index (χ0n) is 16.3. The monoisotopic (exact) mass is 404 g/mol. The van der Waals surface area contributed by atoms with Gasteiger partial charge in [0, 0.05) is 41.2 Å². The lowest BCUT2D eigenvalue weighted by atomic mass is 10.1. The molecule has 0 aliphatic rings. The Balaban J connectivity index is 1.64. The number of hydrogen-bond acceptors (Lipinski definition) is 7. The molecule has 0 fully saturated rings. The summed E-state index contributed by atoms with van der Waals surface area (Å²) in [5.74, 6) is 1.42. The van der Waals surface area contributed by atoms with Crippen molar-refractivity contribution < 1.29 is 4.42 Å². The third-order valence-corrected chi connectivity index (χ3v) is 5.45. The number of aryl methyl sites for hydroxylation is 1. The molecule has 0 saturated carbocycles. The first-order chi connectivity index (χ1) is 14.0. The Morgan fingerprint density at radius 1 is 1.07 bits per heavy atom. The minimum Gasteiger partial charge on any atom is -0.423 e. The van der Waals surface area contributed by atoms with Crippen LogP contribution in [-0.2, 0) is 0 Å². The SMILES string of the molecule is CSc1ccccc1N(C)c1cc(Nc2ccc3c(C)cc(=O)oc3c2)ncn1. The Hall–Kier alpha value is -3.32. The van der Waals surface area contributed by atoms with E-state index in [1.54, 1.807) is 17.8 Å². The molecule has 0 radical (unpaired) electrons. The van der Waals surface area contributed by atoms with Gasteiger partial charge in [0.2, 0.25) is 0 Å². The van der Waals surface area contributed by atoms with Crippen molar-refractivity contribution in [3.8, 4) is 0 Å². The highest BCUT2D eigenvalue weighted by Crippen LogP contribution is 2.32. The number of hydrogen-bond donors (Lipinski definition) is 1. The van der Waals surface area contributed by atoms with Crippen molar-refractivity contribution in [2.24, 2.45) is 0 Å². The van der Waals surface area contributed by atoms with Crippen LogP contribution in [0.25, 0.3) is 11.0 Å². The van der Waals surface area contributed by atoms with Crippen molar-refractivity contribution >= 4 is 45.7 Å². The number of rotatable bonds is 5. The molecule has 146 valence electrons. The van der Waals surface area contributed by atoms with Crippen LogP contribution in [0.4, 0.5) is 23.0 Å².